The van der Waals surface area contributed by atoms with Gasteiger partial charge in [0.1, 0.15) is 12.2 Å². The molecular weight excluding hydrogens is 353 g/mol. The minimum atomic E-state index is -0.575. The first-order valence-electron chi connectivity index (χ1n) is 8.47. The summed E-state index contributed by atoms with van der Waals surface area (Å²) >= 11 is 0. The van der Waals surface area contributed by atoms with Crippen molar-refractivity contribution >= 4 is 6.09 Å². The summed E-state index contributed by atoms with van der Waals surface area (Å²) < 4.78 is 29.9. The van der Waals surface area contributed by atoms with Crippen molar-refractivity contribution in [1.82, 2.24) is 5.32 Å². The number of amides is 1. The molecule has 146 valence electrons. The molecule has 0 saturated carbocycles. The summed E-state index contributed by atoms with van der Waals surface area (Å²) in [6, 6.07) is 9.37. The number of hydrogen-bond acceptors (Lipinski definition) is 5. The van der Waals surface area contributed by atoms with Crippen molar-refractivity contribution in [3.05, 3.63) is 42.2 Å². The Labute approximate surface area is 157 Å². The molecule has 0 aliphatic heterocycles. The SMILES string of the molecule is COc1cccc(-c2ccc(OCCNC(=O)OC(C)(C)C)c(O)c2)c1F. The highest BCUT2D eigenvalue weighted by molar-refractivity contribution is 5.69. The Morgan fingerprint density at radius 3 is 2.56 bits per heavy atom. The van der Waals surface area contributed by atoms with E-state index in [1.807, 2.05) is 0 Å². The van der Waals surface area contributed by atoms with E-state index in [0.717, 1.165) is 0 Å². The van der Waals surface area contributed by atoms with Crippen LogP contribution in [0.15, 0.2) is 36.4 Å². The molecule has 0 aliphatic rings. The molecule has 0 heterocycles. The highest BCUT2D eigenvalue weighted by atomic mass is 19.1. The number of carbonyl (C=O) groups excluding carboxylic acids is 1. The molecule has 0 fully saturated rings. The van der Waals surface area contributed by atoms with Crippen LogP contribution in [0.2, 0.25) is 0 Å². The maximum Gasteiger partial charge on any atom is 0.407 e. The summed E-state index contributed by atoms with van der Waals surface area (Å²) in [6.07, 6.45) is -0.542. The van der Waals surface area contributed by atoms with Crippen LogP contribution in [-0.4, -0.2) is 37.1 Å². The van der Waals surface area contributed by atoms with Crippen molar-refractivity contribution < 1.29 is 28.5 Å². The molecule has 0 saturated heterocycles. The molecule has 27 heavy (non-hydrogen) atoms. The van der Waals surface area contributed by atoms with Crippen LogP contribution in [0.5, 0.6) is 17.2 Å². The van der Waals surface area contributed by atoms with Crippen molar-refractivity contribution in [3.8, 4) is 28.4 Å². The van der Waals surface area contributed by atoms with Gasteiger partial charge < -0.3 is 24.6 Å². The molecule has 0 bridgehead atoms. The number of phenolic OH excluding ortho intramolecular Hbond substituents is 1. The highest BCUT2D eigenvalue weighted by Crippen LogP contribution is 2.34. The van der Waals surface area contributed by atoms with Gasteiger partial charge >= 0.3 is 6.09 Å². The molecule has 0 aromatic heterocycles. The monoisotopic (exact) mass is 377 g/mol. The maximum atomic E-state index is 14.3. The Bertz CT molecular complexity index is 801. The van der Waals surface area contributed by atoms with Crippen LogP contribution in [0, 0.1) is 5.82 Å². The van der Waals surface area contributed by atoms with Crippen LogP contribution in [-0.2, 0) is 4.74 Å². The smallest absolute Gasteiger partial charge is 0.407 e. The zero-order valence-electron chi connectivity index (χ0n) is 15.8. The largest absolute Gasteiger partial charge is 0.504 e. The van der Waals surface area contributed by atoms with Crippen molar-refractivity contribution in [1.29, 1.82) is 0 Å². The molecular formula is C20H24FNO5. The number of halogens is 1. The molecule has 2 rings (SSSR count). The van der Waals surface area contributed by atoms with Gasteiger partial charge in [0, 0.05) is 5.56 Å². The number of benzene rings is 2. The third-order valence-electron chi connectivity index (χ3n) is 3.48. The lowest BCUT2D eigenvalue weighted by Gasteiger charge is -2.19. The van der Waals surface area contributed by atoms with Gasteiger partial charge in [-0.3, -0.25) is 0 Å². The molecule has 0 unspecified atom stereocenters. The van der Waals surface area contributed by atoms with E-state index in [0.29, 0.717) is 11.1 Å². The fourth-order valence-electron chi connectivity index (χ4n) is 2.33. The number of ether oxygens (including phenoxy) is 3. The van der Waals surface area contributed by atoms with Gasteiger partial charge in [-0.15, -0.1) is 0 Å². The second kappa shape index (κ2) is 8.62. The van der Waals surface area contributed by atoms with E-state index in [4.69, 9.17) is 14.2 Å². The first-order chi connectivity index (χ1) is 12.7. The number of phenols is 1. The average Bonchev–Trinajstić information content (AvgIpc) is 2.58. The predicted molar refractivity (Wildman–Crippen MR) is 99.8 cm³/mol. The molecule has 0 atom stereocenters. The Balaban J connectivity index is 1.97. The Morgan fingerprint density at radius 1 is 1.19 bits per heavy atom. The van der Waals surface area contributed by atoms with E-state index in [1.54, 1.807) is 39.0 Å². The Hall–Kier alpha value is -2.96. The van der Waals surface area contributed by atoms with Gasteiger partial charge in [-0.1, -0.05) is 18.2 Å². The summed E-state index contributed by atoms with van der Waals surface area (Å²) in [7, 11) is 1.39. The first kappa shape index (κ1) is 20.4. The number of carbonyl (C=O) groups is 1. The minimum Gasteiger partial charge on any atom is -0.504 e. The third-order valence-corrected chi connectivity index (χ3v) is 3.48. The Morgan fingerprint density at radius 2 is 1.93 bits per heavy atom. The molecule has 6 nitrogen and oxygen atoms in total. The number of methoxy groups -OCH3 is 1. The molecule has 0 radical (unpaired) electrons. The van der Waals surface area contributed by atoms with Gasteiger partial charge in [0.2, 0.25) is 0 Å². The standard InChI is InChI=1S/C20H24FNO5/c1-20(2,3)27-19(24)22-10-11-26-16-9-8-13(12-15(16)23)14-6-5-7-17(25-4)18(14)21/h5-9,12,23H,10-11H2,1-4H3,(H,22,24). The number of rotatable bonds is 6. The van der Waals surface area contributed by atoms with E-state index >= 15 is 0 Å². The van der Waals surface area contributed by atoms with Crippen LogP contribution in [0.3, 0.4) is 0 Å². The molecule has 7 heteroatoms. The molecule has 0 aliphatic carbocycles. The minimum absolute atomic E-state index is 0.125. The van der Waals surface area contributed by atoms with E-state index in [1.165, 1.54) is 25.3 Å². The lowest BCUT2D eigenvalue weighted by Crippen LogP contribution is -2.34. The summed E-state index contributed by atoms with van der Waals surface area (Å²) in [6.45, 7) is 5.66. The lowest BCUT2D eigenvalue weighted by atomic mass is 10.0. The van der Waals surface area contributed by atoms with Crippen LogP contribution in [0.4, 0.5) is 9.18 Å². The van der Waals surface area contributed by atoms with E-state index in [2.05, 4.69) is 5.32 Å². The number of alkyl carbamates (subject to hydrolysis) is 1. The number of hydrogen-bond donors (Lipinski definition) is 2. The van der Waals surface area contributed by atoms with Gasteiger partial charge in [-0.05, 0) is 44.5 Å². The summed E-state index contributed by atoms with van der Waals surface area (Å²) in [4.78, 5) is 11.5. The first-order valence-corrected chi connectivity index (χ1v) is 8.47. The maximum absolute atomic E-state index is 14.3. The second-order valence-corrected chi connectivity index (χ2v) is 6.78. The normalized spacial score (nSPS) is 11.0. The molecule has 2 N–H and O–H groups in total. The summed E-state index contributed by atoms with van der Waals surface area (Å²) in [5.41, 5.74) is 0.222. The average molecular weight is 377 g/mol. The molecule has 2 aromatic rings. The van der Waals surface area contributed by atoms with Gasteiger partial charge in [-0.2, -0.15) is 0 Å². The summed E-state index contributed by atoms with van der Waals surface area (Å²) in [5, 5.41) is 12.7. The van der Waals surface area contributed by atoms with Crippen molar-refractivity contribution in [2.24, 2.45) is 0 Å². The van der Waals surface area contributed by atoms with Crippen LogP contribution in [0.25, 0.3) is 11.1 Å². The van der Waals surface area contributed by atoms with Crippen molar-refractivity contribution in [3.63, 3.8) is 0 Å². The summed E-state index contributed by atoms with van der Waals surface area (Å²) in [5.74, 6) is -0.282. The number of aromatic hydroxyl groups is 1. The van der Waals surface area contributed by atoms with Crippen LogP contribution in [0.1, 0.15) is 20.8 Å². The van der Waals surface area contributed by atoms with Gasteiger partial charge in [0.15, 0.2) is 23.1 Å². The highest BCUT2D eigenvalue weighted by Gasteiger charge is 2.16. The Kier molecular flexibility index (Phi) is 6.50. The lowest BCUT2D eigenvalue weighted by molar-refractivity contribution is 0.0520. The fraction of sp³-hybridized carbons (Fsp3) is 0.350. The molecule has 2 aromatic carbocycles. The third kappa shape index (κ3) is 5.77. The van der Waals surface area contributed by atoms with Crippen LogP contribution >= 0.6 is 0 Å². The van der Waals surface area contributed by atoms with E-state index < -0.39 is 17.5 Å². The molecule has 1 amide bonds. The zero-order valence-corrected chi connectivity index (χ0v) is 15.8. The van der Waals surface area contributed by atoms with Gasteiger partial charge in [0.25, 0.3) is 0 Å². The van der Waals surface area contributed by atoms with Crippen LogP contribution < -0.4 is 14.8 Å². The predicted octanol–water partition coefficient (Wildman–Crippen LogP) is 4.11. The van der Waals surface area contributed by atoms with Gasteiger partial charge in [-0.25, -0.2) is 9.18 Å². The second-order valence-electron chi connectivity index (χ2n) is 6.78. The van der Waals surface area contributed by atoms with Crippen molar-refractivity contribution in [2.45, 2.75) is 26.4 Å². The van der Waals surface area contributed by atoms with E-state index in [-0.39, 0.29) is 30.4 Å². The number of nitrogens with one attached hydrogen (secondary N) is 1. The zero-order chi connectivity index (χ0) is 20.0. The van der Waals surface area contributed by atoms with E-state index in [9.17, 15) is 14.3 Å². The quantitative estimate of drug-likeness (QED) is 0.741. The van der Waals surface area contributed by atoms with Gasteiger partial charge in [0.05, 0.1) is 13.7 Å². The van der Waals surface area contributed by atoms with Crippen molar-refractivity contribution in [2.75, 3.05) is 20.3 Å². The fourth-order valence-corrected chi connectivity index (χ4v) is 2.33. The molecule has 0 spiro atoms. The topological polar surface area (TPSA) is 77.0 Å².